The molecule has 324 valence electrons. The third-order valence-electron chi connectivity index (χ3n) is 12.7. The summed E-state index contributed by atoms with van der Waals surface area (Å²) in [6.45, 7) is 3.48. The third kappa shape index (κ3) is 9.20. The second-order valence-electron chi connectivity index (χ2n) is 16.7. The van der Waals surface area contributed by atoms with E-state index in [0.717, 1.165) is 102 Å². The van der Waals surface area contributed by atoms with Gasteiger partial charge in [-0.25, -0.2) is 0 Å². The van der Waals surface area contributed by atoms with Crippen LogP contribution in [0.3, 0.4) is 0 Å². The van der Waals surface area contributed by atoms with Crippen LogP contribution in [0.2, 0.25) is 10.0 Å². The highest BCUT2D eigenvalue weighted by Gasteiger charge is 2.45. The van der Waals surface area contributed by atoms with Gasteiger partial charge in [0.25, 0.3) is 0 Å². The van der Waals surface area contributed by atoms with Crippen molar-refractivity contribution in [2.45, 2.75) is 69.8 Å². The highest BCUT2D eigenvalue weighted by Crippen LogP contribution is 2.45. The molecule has 2 unspecified atom stereocenters. The molecule has 6 aromatic rings. The van der Waals surface area contributed by atoms with Crippen LogP contribution in [0.5, 0.6) is 23.0 Å². The Morgan fingerprint density at radius 3 is 1.63 bits per heavy atom. The van der Waals surface area contributed by atoms with E-state index in [9.17, 15) is 13.2 Å². The Hall–Kier alpha value is -5.38. The number of halogens is 5. The number of rotatable bonds is 8. The monoisotopic (exact) mass is 885 g/mol. The van der Waals surface area contributed by atoms with E-state index in [-0.39, 0.29) is 12.4 Å². The van der Waals surface area contributed by atoms with Gasteiger partial charge in [-0.1, -0.05) is 47.5 Å². The van der Waals surface area contributed by atoms with E-state index in [0.29, 0.717) is 17.4 Å². The minimum Gasteiger partial charge on any atom is -0.483 e. The number of hydrogen-bond acceptors (Lipinski definition) is 7. The summed E-state index contributed by atoms with van der Waals surface area (Å²) in [4.78, 5) is 11.2. The third-order valence-corrected chi connectivity index (χ3v) is 13.2. The van der Waals surface area contributed by atoms with Crippen LogP contribution < -0.4 is 28.7 Å². The fourth-order valence-electron chi connectivity index (χ4n) is 9.27. The van der Waals surface area contributed by atoms with Gasteiger partial charge in [-0.05, 0) is 123 Å². The zero-order valence-corrected chi connectivity index (χ0v) is 35.7. The molecular formula is C48H48Cl2F3N5O4. The number of alkyl halides is 3. The summed E-state index contributed by atoms with van der Waals surface area (Å²) in [7, 11) is 0. The lowest BCUT2D eigenvalue weighted by Gasteiger charge is -2.36. The summed E-state index contributed by atoms with van der Waals surface area (Å²) in [5.74, 6) is 3.36. The molecule has 0 aliphatic carbocycles. The zero-order valence-electron chi connectivity index (χ0n) is 34.2. The van der Waals surface area contributed by atoms with Gasteiger partial charge in [0.2, 0.25) is 12.2 Å². The van der Waals surface area contributed by atoms with Gasteiger partial charge in [0, 0.05) is 70.4 Å². The van der Waals surface area contributed by atoms with E-state index in [2.05, 4.69) is 56.4 Å². The Morgan fingerprint density at radius 2 is 1.15 bits per heavy atom. The van der Waals surface area contributed by atoms with E-state index in [1.165, 1.54) is 47.2 Å². The SMILES string of the molecule is FC(F)(F)C1COc2c(cccc2N2CCC(CCc3c[nH]c4cc(Cl)ccc34)CC2)O1.N#CC1COc2c(cccc2N2CCC(CCc3c[nH]c4cc(Cl)ccc34)CC2)O1. The minimum absolute atomic E-state index is 0.164. The Bertz CT molecular complexity index is 2560. The van der Waals surface area contributed by atoms with Crippen molar-refractivity contribution in [3.05, 3.63) is 106 Å². The van der Waals surface area contributed by atoms with Crippen LogP contribution >= 0.6 is 23.2 Å². The van der Waals surface area contributed by atoms with Crippen LogP contribution in [0.25, 0.3) is 21.8 Å². The van der Waals surface area contributed by atoms with Crippen molar-refractivity contribution in [3.63, 3.8) is 0 Å². The van der Waals surface area contributed by atoms with E-state index < -0.39 is 25.0 Å². The largest absolute Gasteiger partial charge is 0.483 e. The molecule has 2 saturated heterocycles. The number of H-pyrrole nitrogens is 2. The van der Waals surface area contributed by atoms with Crippen LogP contribution in [-0.2, 0) is 12.8 Å². The number of piperidine rings is 2. The number of para-hydroxylation sites is 2. The predicted octanol–water partition coefficient (Wildman–Crippen LogP) is 11.7. The number of aromatic amines is 2. The summed E-state index contributed by atoms with van der Waals surface area (Å²) in [5, 5.41) is 13.1. The average Bonchev–Trinajstić information content (AvgIpc) is 3.89. The van der Waals surface area contributed by atoms with E-state index in [4.69, 9.17) is 47.4 Å². The zero-order chi connectivity index (χ0) is 42.8. The maximum atomic E-state index is 13.0. The quantitative estimate of drug-likeness (QED) is 0.157. The lowest BCUT2D eigenvalue weighted by atomic mass is 9.90. The molecule has 4 aliphatic rings. The van der Waals surface area contributed by atoms with Crippen LogP contribution in [0.1, 0.15) is 49.7 Å². The first-order valence-electron chi connectivity index (χ1n) is 21.4. The summed E-state index contributed by atoms with van der Waals surface area (Å²) in [6, 6.07) is 25.2. The predicted molar refractivity (Wildman–Crippen MR) is 238 cm³/mol. The molecule has 6 heterocycles. The first-order chi connectivity index (χ1) is 30.1. The number of nitrogens with one attached hydrogen (secondary N) is 2. The van der Waals surface area contributed by atoms with Gasteiger partial charge in [-0.3, -0.25) is 0 Å². The van der Waals surface area contributed by atoms with Gasteiger partial charge in [0.1, 0.15) is 19.3 Å². The van der Waals surface area contributed by atoms with Gasteiger partial charge in [-0.2, -0.15) is 18.4 Å². The average molecular weight is 887 g/mol. The fourth-order valence-corrected chi connectivity index (χ4v) is 9.62. The molecule has 0 amide bonds. The molecule has 2 aromatic heterocycles. The molecule has 10 rings (SSSR count). The van der Waals surface area contributed by atoms with E-state index in [1.807, 2.05) is 42.5 Å². The highest BCUT2D eigenvalue weighted by molar-refractivity contribution is 6.31. The number of nitriles is 1. The van der Waals surface area contributed by atoms with Gasteiger partial charge in [0.05, 0.1) is 11.4 Å². The smallest absolute Gasteiger partial charge is 0.428 e. The molecular weight excluding hydrogens is 838 g/mol. The van der Waals surface area contributed by atoms with Crippen molar-refractivity contribution in [2.24, 2.45) is 11.8 Å². The summed E-state index contributed by atoms with van der Waals surface area (Å²) >= 11 is 12.2. The molecule has 2 fully saturated rings. The molecule has 9 nitrogen and oxygen atoms in total. The van der Waals surface area contributed by atoms with Crippen LogP contribution in [0.15, 0.2) is 85.2 Å². The Balaban J connectivity index is 0.000000158. The van der Waals surface area contributed by atoms with Crippen molar-refractivity contribution in [1.82, 2.24) is 9.97 Å². The normalized spacial score (nSPS) is 19.3. The first-order valence-corrected chi connectivity index (χ1v) is 22.2. The van der Waals surface area contributed by atoms with Gasteiger partial charge in [0.15, 0.2) is 23.0 Å². The number of hydrogen-bond donors (Lipinski definition) is 2. The highest BCUT2D eigenvalue weighted by atomic mass is 35.5. The molecule has 0 spiro atoms. The maximum absolute atomic E-state index is 13.0. The second-order valence-corrected chi connectivity index (χ2v) is 17.5. The van der Waals surface area contributed by atoms with Crippen LogP contribution in [0, 0.1) is 23.2 Å². The van der Waals surface area contributed by atoms with Crippen LogP contribution in [-0.4, -0.2) is 67.7 Å². The molecule has 62 heavy (non-hydrogen) atoms. The lowest BCUT2D eigenvalue weighted by molar-refractivity contribution is -0.207. The second kappa shape index (κ2) is 18.1. The van der Waals surface area contributed by atoms with Gasteiger partial charge >= 0.3 is 6.18 Å². The molecule has 4 aliphatic heterocycles. The van der Waals surface area contributed by atoms with Crippen molar-refractivity contribution < 1.29 is 32.1 Å². The number of nitrogens with zero attached hydrogens (tertiary/aromatic N) is 3. The van der Waals surface area contributed by atoms with Crippen molar-refractivity contribution >= 4 is 56.4 Å². The number of fused-ring (bicyclic) bond motifs is 4. The van der Waals surface area contributed by atoms with Gasteiger partial charge < -0.3 is 38.7 Å². The topological polar surface area (TPSA) is 98.8 Å². The molecule has 0 bridgehead atoms. The van der Waals surface area contributed by atoms with Crippen molar-refractivity contribution in [1.29, 1.82) is 5.26 Å². The van der Waals surface area contributed by atoms with E-state index in [1.54, 1.807) is 6.07 Å². The summed E-state index contributed by atoms with van der Waals surface area (Å²) in [5.41, 5.74) is 6.75. The van der Waals surface area contributed by atoms with E-state index >= 15 is 0 Å². The number of ether oxygens (including phenoxy) is 4. The Kier molecular flexibility index (Phi) is 12.3. The standard InChI is InChI=1S/C24H24ClF3N2O2.C24H24ClN3O2/c25-17-6-7-18-16(13-29-19(18)12-17)5-4-15-8-10-30(11-9-15)20-2-1-3-21-23(20)31-14-22(32-21)24(26,27)28;25-18-6-7-20-17(14-27-21(20)12-18)5-4-16-8-10-28(11-9-16)22-2-1-3-23-24(22)29-15-19(13-26)30-23/h1-3,6-7,12-13,15,22,29H,4-5,8-11,14H2;1-3,6-7,12,14,16,19,27H,4-5,8-11,15H2. The molecule has 2 N–H and O–H groups in total. The van der Waals surface area contributed by atoms with Crippen molar-refractivity contribution in [2.75, 3.05) is 49.2 Å². The summed E-state index contributed by atoms with van der Waals surface area (Å²) in [6.07, 6.45) is 6.08. The minimum atomic E-state index is -4.44. The van der Waals surface area contributed by atoms with Gasteiger partial charge in [-0.15, -0.1) is 0 Å². The molecule has 4 aromatic carbocycles. The molecule has 2 atom stereocenters. The summed E-state index contributed by atoms with van der Waals surface area (Å²) < 4.78 is 61.3. The molecule has 0 saturated carbocycles. The molecule has 0 radical (unpaired) electrons. The number of aryl methyl sites for hydroxylation is 2. The van der Waals surface area contributed by atoms with Crippen LogP contribution in [0.4, 0.5) is 24.5 Å². The molecule has 14 heteroatoms. The lowest BCUT2D eigenvalue weighted by Crippen LogP contribution is -2.42. The maximum Gasteiger partial charge on any atom is 0.428 e. The Morgan fingerprint density at radius 1 is 0.661 bits per heavy atom. The van der Waals surface area contributed by atoms with Crippen molar-refractivity contribution in [3.8, 4) is 29.1 Å². The number of anilines is 2. The number of benzene rings is 4. The fraction of sp³-hybridized carbons (Fsp3) is 0.396. The first kappa shape index (κ1) is 41.9. The Labute approximate surface area is 368 Å². The number of aromatic nitrogens is 2.